The van der Waals surface area contributed by atoms with E-state index in [4.69, 9.17) is 10.8 Å². The van der Waals surface area contributed by atoms with E-state index in [2.05, 4.69) is 5.32 Å². The Balaban J connectivity index is 4.45. The molecule has 0 bridgehead atoms. The van der Waals surface area contributed by atoms with Crippen LogP contribution < -0.4 is 11.1 Å². The minimum absolute atomic E-state index is 0.168. The smallest absolute Gasteiger partial charge is 0.326 e. The Kier molecular flexibility index (Phi) is 6.85. The zero-order valence-electron chi connectivity index (χ0n) is 10.5. The first-order valence-electron chi connectivity index (χ1n) is 5.64. The van der Waals surface area contributed by atoms with Gasteiger partial charge in [0.2, 0.25) is 5.91 Å². The lowest BCUT2D eigenvalue weighted by Gasteiger charge is -2.17. The van der Waals surface area contributed by atoms with Gasteiger partial charge in [0.15, 0.2) is 0 Å². The van der Waals surface area contributed by atoms with Crippen molar-refractivity contribution in [1.29, 1.82) is 0 Å². The number of carbonyl (C=O) groups excluding carboxylic acids is 1. The predicted molar refractivity (Wildman–Crippen MR) is 66.8 cm³/mol. The summed E-state index contributed by atoms with van der Waals surface area (Å²) in [6, 6.07) is -2.00. The number of rotatable bonds is 8. The Bertz CT molecular complexity index is 393. The lowest BCUT2D eigenvalue weighted by Crippen LogP contribution is -2.48. The van der Waals surface area contributed by atoms with Gasteiger partial charge in [-0.15, -0.1) is 0 Å². The molecule has 1 unspecified atom stereocenters. The fourth-order valence-corrected chi connectivity index (χ4v) is 1.97. The van der Waals surface area contributed by atoms with Gasteiger partial charge in [-0.25, -0.2) is 13.2 Å². The Morgan fingerprint density at radius 2 is 1.89 bits per heavy atom. The van der Waals surface area contributed by atoms with Crippen LogP contribution in [-0.2, 0) is 19.4 Å². The van der Waals surface area contributed by atoms with Crippen LogP contribution in [0.15, 0.2) is 0 Å². The second-order valence-corrected chi connectivity index (χ2v) is 6.47. The van der Waals surface area contributed by atoms with Crippen molar-refractivity contribution in [2.24, 2.45) is 5.73 Å². The quantitative estimate of drug-likeness (QED) is 0.530. The number of aliphatic carboxylic acids is 1. The third-order valence-electron chi connectivity index (χ3n) is 2.33. The molecule has 0 aliphatic carbocycles. The van der Waals surface area contributed by atoms with Crippen molar-refractivity contribution in [3.8, 4) is 0 Å². The van der Waals surface area contributed by atoms with Crippen molar-refractivity contribution in [3.05, 3.63) is 0 Å². The van der Waals surface area contributed by atoms with Crippen LogP contribution in [0, 0.1) is 0 Å². The summed E-state index contributed by atoms with van der Waals surface area (Å²) >= 11 is 0. The monoisotopic (exact) mass is 280 g/mol. The van der Waals surface area contributed by atoms with Crippen LogP contribution in [0.25, 0.3) is 0 Å². The van der Waals surface area contributed by atoms with Crippen LogP contribution in [0.1, 0.15) is 26.2 Å². The summed E-state index contributed by atoms with van der Waals surface area (Å²) in [6.07, 6.45) is 2.00. The first-order valence-corrected chi connectivity index (χ1v) is 7.70. The van der Waals surface area contributed by atoms with Gasteiger partial charge in [-0.05, 0) is 12.8 Å². The Morgan fingerprint density at radius 3 is 2.28 bits per heavy atom. The Labute approximate surface area is 107 Å². The van der Waals surface area contributed by atoms with Crippen molar-refractivity contribution in [3.63, 3.8) is 0 Å². The molecule has 0 saturated carbocycles. The Morgan fingerprint density at radius 1 is 1.33 bits per heavy atom. The number of carboxylic acid groups (broad SMARTS) is 1. The van der Waals surface area contributed by atoms with Gasteiger partial charge in [-0.1, -0.05) is 13.3 Å². The second kappa shape index (κ2) is 7.32. The van der Waals surface area contributed by atoms with Crippen LogP contribution in [0.4, 0.5) is 0 Å². The minimum atomic E-state index is -3.26. The fraction of sp³-hybridized carbons (Fsp3) is 0.800. The number of nitrogens with two attached hydrogens (primary N) is 1. The van der Waals surface area contributed by atoms with Crippen LogP contribution in [0.3, 0.4) is 0 Å². The van der Waals surface area contributed by atoms with Gasteiger partial charge in [-0.3, -0.25) is 4.79 Å². The van der Waals surface area contributed by atoms with Crippen LogP contribution in [0.2, 0.25) is 0 Å². The van der Waals surface area contributed by atoms with E-state index in [1.807, 2.05) is 6.92 Å². The van der Waals surface area contributed by atoms with Crippen molar-refractivity contribution in [1.82, 2.24) is 5.32 Å². The van der Waals surface area contributed by atoms with E-state index in [-0.39, 0.29) is 12.2 Å². The van der Waals surface area contributed by atoms with E-state index in [1.165, 1.54) is 0 Å². The Hall–Kier alpha value is -1.15. The first kappa shape index (κ1) is 16.9. The average molecular weight is 280 g/mol. The van der Waals surface area contributed by atoms with Crippen molar-refractivity contribution < 1.29 is 23.1 Å². The molecular weight excluding hydrogens is 260 g/mol. The second-order valence-electron chi connectivity index (χ2n) is 4.21. The van der Waals surface area contributed by atoms with E-state index in [0.717, 1.165) is 6.26 Å². The SMILES string of the molecule is CCC[C@H](N)C(=O)NC(CCS(C)(=O)=O)C(=O)O. The van der Waals surface area contributed by atoms with E-state index >= 15 is 0 Å². The molecule has 0 saturated heterocycles. The third kappa shape index (κ3) is 7.23. The molecule has 1 amide bonds. The largest absolute Gasteiger partial charge is 0.480 e. The highest BCUT2D eigenvalue weighted by Gasteiger charge is 2.23. The molecule has 4 N–H and O–H groups in total. The predicted octanol–water partition coefficient (Wildman–Crippen LogP) is -0.882. The summed E-state index contributed by atoms with van der Waals surface area (Å²) in [6.45, 7) is 1.85. The van der Waals surface area contributed by atoms with Crippen molar-refractivity contribution >= 4 is 21.7 Å². The van der Waals surface area contributed by atoms with Gasteiger partial charge < -0.3 is 16.2 Å². The molecular formula is C10H20N2O5S. The van der Waals surface area contributed by atoms with Crippen LogP contribution in [0.5, 0.6) is 0 Å². The highest BCUT2D eigenvalue weighted by atomic mass is 32.2. The maximum atomic E-state index is 11.5. The molecule has 0 aliphatic heterocycles. The number of hydrogen-bond acceptors (Lipinski definition) is 5. The minimum Gasteiger partial charge on any atom is -0.480 e. The van der Waals surface area contributed by atoms with Gasteiger partial charge in [-0.2, -0.15) is 0 Å². The molecule has 106 valence electrons. The first-order chi connectivity index (χ1) is 8.17. The molecule has 7 nitrogen and oxygen atoms in total. The highest BCUT2D eigenvalue weighted by molar-refractivity contribution is 7.90. The summed E-state index contributed by atoms with van der Waals surface area (Å²) < 4.78 is 21.9. The standard InChI is InChI=1S/C10H20N2O5S/c1-3-4-7(11)9(13)12-8(10(14)15)5-6-18(2,16)17/h7-8H,3-6,11H2,1-2H3,(H,12,13)(H,14,15)/t7-,8?/m0/s1. The average Bonchev–Trinajstić information content (AvgIpc) is 2.22. The fourth-order valence-electron chi connectivity index (χ4n) is 1.31. The summed E-state index contributed by atoms with van der Waals surface area (Å²) in [5.74, 6) is -2.14. The topological polar surface area (TPSA) is 127 Å². The van der Waals surface area contributed by atoms with Gasteiger partial charge in [0.05, 0.1) is 11.8 Å². The van der Waals surface area contributed by atoms with Gasteiger partial charge in [0, 0.05) is 6.26 Å². The maximum absolute atomic E-state index is 11.5. The molecule has 0 rings (SSSR count). The molecule has 0 aromatic heterocycles. The van der Waals surface area contributed by atoms with Gasteiger partial charge in [0.1, 0.15) is 15.9 Å². The number of carboxylic acids is 1. The van der Waals surface area contributed by atoms with Crippen LogP contribution in [-0.4, -0.2) is 49.5 Å². The third-order valence-corrected chi connectivity index (χ3v) is 3.31. The highest BCUT2D eigenvalue weighted by Crippen LogP contribution is 2.00. The summed E-state index contributed by atoms with van der Waals surface area (Å²) in [7, 11) is -3.26. The molecule has 0 aliphatic rings. The molecule has 0 fully saturated rings. The molecule has 0 aromatic carbocycles. The zero-order chi connectivity index (χ0) is 14.3. The zero-order valence-corrected chi connectivity index (χ0v) is 11.4. The molecule has 0 radical (unpaired) electrons. The normalized spacial score (nSPS) is 14.8. The lowest BCUT2D eigenvalue weighted by molar-refractivity contribution is -0.142. The molecule has 2 atom stereocenters. The number of sulfone groups is 1. The van der Waals surface area contributed by atoms with Gasteiger partial charge in [0.25, 0.3) is 0 Å². The van der Waals surface area contributed by atoms with Crippen LogP contribution >= 0.6 is 0 Å². The number of carbonyl (C=O) groups is 2. The van der Waals surface area contributed by atoms with Crippen molar-refractivity contribution in [2.45, 2.75) is 38.3 Å². The number of hydrogen-bond donors (Lipinski definition) is 3. The summed E-state index contributed by atoms with van der Waals surface area (Å²) in [5.41, 5.74) is 5.53. The number of nitrogens with one attached hydrogen (secondary N) is 1. The number of amides is 1. The molecule has 0 heterocycles. The van der Waals surface area contributed by atoms with Crippen molar-refractivity contribution in [2.75, 3.05) is 12.0 Å². The van der Waals surface area contributed by atoms with E-state index in [1.54, 1.807) is 0 Å². The molecule has 8 heteroatoms. The van der Waals surface area contributed by atoms with E-state index in [9.17, 15) is 18.0 Å². The van der Waals surface area contributed by atoms with Gasteiger partial charge >= 0.3 is 5.97 Å². The molecule has 18 heavy (non-hydrogen) atoms. The summed E-state index contributed by atoms with van der Waals surface area (Å²) in [4.78, 5) is 22.4. The van der Waals surface area contributed by atoms with E-state index < -0.39 is 33.8 Å². The molecule has 0 spiro atoms. The van der Waals surface area contributed by atoms with E-state index in [0.29, 0.717) is 12.8 Å². The maximum Gasteiger partial charge on any atom is 0.326 e. The lowest BCUT2D eigenvalue weighted by atomic mass is 10.1. The summed E-state index contributed by atoms with van der Waals surface area (Å²) in [5, 5.41) is 11.1. The molecule has 0 aromatic rings.